The lowest BCUT2D eigenvalue weighted by Gasteiger charge is -1.96. The molecule has 0 aliphatic heterocycles. The molecule has 0 aliphatic rings. The predicted molar refractivity (Wildman–Crippen MR) is 45.9 cm³/mol. The van der Waals surface area contributed by atoms with Gasteiger partial charge in [-0.3, -0.25) is 0 Å². The lowest BCUT2D eigenvalue weighted by molar-refractivity contribution is 1.44. The third kappa shape index (κ3) is 1.47. The van der Waals surface area contributed by atoms with Crippen molar-refractivity contribution in [2.24, 2.45) is 0 Å². The van der Waals surface area contributed by atoms with E-state index < -0.39 is 0 Å². The van der Waals surface area contributed by atoms with Gasteiger partial charge in [0, 0.05) is 0 Å². The zero-order valence-electron chi connectivity index (χ0n) is 6.46. The fourth-order valence-corrected chi connectivity index (χ4v) is 0.953. The van der Waals surface area contributed by atoms with Crippen LogP contribution in [0.1, 0.15) is 18.1 Å². The Morgan fingerprint density at radius 3 is 2.50 bits per heavy atom. The van der Waals surface area contributed by atoms with Crippen molar-refractivity contribution in [1.82, 2.24) is 0 Å². The van der Waals surface area contributed by atoms with E-state index in [2.05, 4.69) is 43.3 Å². The van der Waals surface area contributed by atoms with Crippen molar-refractivity contribution >= 4 is 6.08 Å². The van der Waals surface area contributed by atoms with E-state index in [0.29, 0.717) is 0 Å². The highest BCUT2D eigenvalue weighted by atomic mass is 13.9. The molecule has 0 heterocycles. The summed E-state index contributed by atoms with van der Waals surface area (Å²) in [5.41, 5.74) is 2.64. The standard InChI is InChI=1S/C10H12/c1-3-6-10-8-5-4-7-9(10)2/h3-8H,1-2H3/b6-3-. The summed E-state index contributed by atoms with van der Waals surface area (Å²) >= 11 is 0. The summed E-state index contributed by atoms with van der Waals surface area (Å²) in [6.07, 6.45) is 4.18. The molecule has 0 atom stereocenters. The Morgan fingerprint density at radius 2 is 1.90 bits per heavy atom. The second-order valence-corrected chi connectivity index (χ2v) is 2.36. The van der Waals surface area contributed by atoms with Crippen LogP contribution in [-0.4, -0.2) is 0 Å². The summed E-state index contributed by atoms with van der Waals surface area (Å²) in [6.45, 7) is 4.15. The molecular formula is C10H12. The van der Waals surface area contributed by atoms with E-state index in [4.69, 9.17) is 0 Å². The van der Waals surface area contributed by atoms with Gasteiger partial charge in [0.2, 0.25) is 0 Å². The van der Waals surface area contributed by atoms with Crippen LogP contribution >= 0.6 is 0 Å². The summed E-state index contributed by atoms with van der Waals surface area (Å²) < 4.78 is 0. The van der Waals surface area contributed by atoms with Gasteiger partial charge >= 0.3 is 0 Å². The van der Waals surface area contributed by atoms with Crippen molar-refractivity contribution in [3.8, 4) is 0 Å². The predicted octanol–water partition coefficient (Wildman–Crippen LogP) is 3.03. The molecule has 0 spiro atoms. The summed E-state index contributed by atoms with van der Waals surface area (Å²) in [6, 6.07) is 8.36. The van der Waals surface area contributed by atoms with E-state index in [9.17, 15) is 0 Å². The van der Waals surface area contributed by atoms with Gasteiger partial charge in [-0.2, -0.15) is 0 Å². The summed E-state index contributed by atoms with van der Waals surface area (Å²) in [5.74, 6) is 0. The molecule has 1 aromatic carbocycles. The van der Waals surface area contributed by atoms with Crippen LogP contribution in [0.3, 0.4) is 0 Å². The Hall–Kier alpha value is -1.04. The summed E-state index contributed by atoms with van der Waals surface area (Å²) in [7, 11) is 0. The zero-order chi connectivity index (χ0) is 7.40. The van der Waals surface area contributed by atoms with Gasteiger partial charge in [-0.25, -0.2) is 0 Å². The van der Waals surface area contributed by atoms with Gasteiger partial charge in [-0.15, -0.1) is 0 Å². The number of aryl methyl sites for hydroxylation is 1. The first-order valence-electron chi connectivity index (χ1n) is 3.53. The van der Waals surface area contributed by atoms with Gasteiger partial charge in [0.15, 0.2) is 0 Å². The maximum atomic E-state index is 2.12. The Labute approximate surface area is 62.2 Å². The molecule has 0 fully saturated rings. The third-order valence-electron chi connectivity index (χ3n) is 1.53. The highest BCUT2D eigenvalue weighted by Crippen LogP contribution is 2.07. The Bertz CT molecular complexity index is 234. The first kappa shape index (κ1) is 7.07. The van der Waals surface area contributed by atoms with Crippen LogP contribution in [0.4, 0.5) is 0 Å². The molecule has 0 heteroatoms. The lowest BCUT2D eigenvalue weighted by Crippen LogP contribution is -1.76. The van der Waals surface area contributed by atoms with E-state index in [-0.39, 0.29) is 0 Å². The lowest BCUT2D eigenvalue weighted by atomic mass is 10.1. The van der Waals surface area contributed by atoms with Crippen LogP contribution < -0.4 is 0 Å². The Morgan fingerprint density at radius 1 is 1.20 bits per heavy atom. The second-order valence-electron chi connectivity index (χ2n) is 2.36. The first-order valence-corrected chi connectivity index (χ1v) is 3.53. The SMILES string of the molecule is C/C=C\c1ccccc1C. The summed E-state index contributed by atoms with van der Waals surface area (Å²) in [5, 5.41) is 0. The number of allylic oxidation sites excluding steroid dienone is 1. The maximum absolute atomic E-state index is 2.12. The highest BCUT2D eigenvalue weighted by Gasteiger charge is 1.87. The van der Waals surface area contributed by atoms with Gasteiger partial charge in [0.25, 0.3) is 0 Å². The molecule has 0 radical (unpaired) electrons. The third-order valence-corrected chi connectivity index (χ3v) is 1.53. The van der Waals surface area contributed by atoms with Crippen molar-refractivity contribution in [2.75, 3.05) is 0 Å². The molecule has 0 amide bonds. The minimum atomic E-state index is 1.31. The molecule has 0 nitrogen and oxygen atoms in total. The monoisotopic (exact) mass is 132 g/mol. The van der Waals surface area contributed by atoms with Crippen molar-refractivity contribution in [3.05, 3.63) is 41.5 Å². The van der Waals surface area contributed by atoms with Crippen molar-refractivity contribution in [3.63, 3.8) is 0 Å². The first-order chi connectivity index (χ1) is 4.84. The van der Waals surface area contributed by atoms with Gasteiger partial charge in [0.1, 0.15) is 0 Å². The number of hydrogen-bond acceptors (Lipinski definition) is 0. The molecule has 0 aromatic heterocycles. The second kappa shape index (κ2) is 3.21. The number of rotatable bonds is 1. The smallest absolute Gasteiger partial charge is 0.0231 e. The van der Waals surface area contributed by atoms with Crippen LogP contribution in [0.25, 0.3) is 6.08 Å². The Balaban J connectivity index is 3.03. The Kier molecular flexibility index (Phi) is 2.27. The molecule has 0 saturated heterocycles. The van der Waals surface area contributed by atoms with E-state index in [0.717, 1.165) is 0 Å². The molecular weight excluding hydrogens is 120 g/mol. The highest BCUT2D eigenvalue weighted by molar-refractivity contribution is 5.52. The van der Waals surface area contributed by atoms with Crippen molar-refractivity contribution in [1.29, 1.82) is 0 Å². The minimum absolute atomic E-state index is 1.31. The molecule has 1 rings (SSSR count). The molecule has 0 N–H and O–H groups in total. The quantitative estimate of drug-likeness (QED) is 0.551. The molecule has 0 aliphatic carbocycles. The van der Waals surface area contributed by atoms with E-state index in [1.165, 1.54) is 11.1 Å². The zero-order valence-corrected chi connectivity index (χ0v) is 6.46. The van der Waals surface area contributed by atoms with Crippen LogP contribution in [0.5, 0.6) is 0 Å². The van der Waals surface area contributed by atoms with Crippen molar-refractivity contribution in [2.45, 2.75) is 13.8 Å². The fraction of sp³-hybridized carbons (Fsp3) is 0.200. The van der Waals surface area contributed by atoms with E-state index in [1.54, 1.807) is 0 Å². The van der Waals surface area contributed by atoms with Crippen LogP contribution in [0, 0.1) is 6.92 Å². The fourth-order valence-electron chi connectivity index (χ4n) is 0.953. The number of hydrogen-bond donors (Lipinski definition) is 0. The average molecular weight is 132 g/mol. The minimum Gasteiger partial charge on any atom is -0.0871 e. The largest absolute Gasteiger partial charge is 0.0871 e. The van der Waals surface area contributed by atoms with E-state index >= 15 is 0 Å². The molecule has 0 saturated carbocycles. The van der Waals surface area contributed by atoms with Gasteiger partial charge in [-0.1, -0.05) is 36.4 Å². The van der Waals surface area contributed by atoms with Crippen LogP contribution in [-0.2, 0) is 0 Å². The summed E-state index contributed by atoms with van der Waals surface area (Å²) in [4.78, 5) is 0. The molecule has 1 aromatic rings. The molecule has 52 valence electrons. The topological polar surface area (TPSA) is 0 Å². The van der Waals surface area contributed by atoms with E-state index in [1.807, 2.05) is 6.92 Å². The number of benzene rings is 1. The molecule has 0 bridgehead atoms. The van der Waals surface area contributed by atoms with Crippen LogP contribution in [0.15, 0.2) is 30.3 Å². The molecule has 10 heavy (non-hydrogen) atoms. The van der Waals surface area contributed by atoms with Crippen molar-refractivity contribution < 1.29 is 0 Å². The maximum Gasteiger partial charge on any atom is -0.0231 e. The molecule has 0 unspecified atom stereocenters. The van der Waals surface area contributed by atoms with Gasteiger partial charge in [-0.05, 0) is 25.0 Å². The van der Waals surface area contributed by atoms with Gasteiger partial charge < -0.3 is 0 Å². The van der Waals surface area contributed by atoms with Crippen LogP contribution in [0.2, 0.25) is 0 Å². The average Bonchev–Trinajstić information content (AvgIpc) is 1.94. The normalized spacial score (nSPS) is 10.6. The van der Waals surface area contributed by atoms with Gasteiger partial charge in [0.05, 0.1) is 0 Å².